The number of aromatic carboxylic acids is 1. The van der Waals surface area contributed by atoms with E-state index in [2.05, 4.69) is 4.98 Å². The average Bonchev–Trinajstić information content (AvgIpc) is 2.90. The number of carbonyl (C=O) groups excluding carboxylic acids is 1. The van der Waals surface area contributed by atoms with Gasteiger partial charge in [-0.1, -0.05) is 0 Å². The van der Waals surface area contributed by atoms with Crippen LogP contribution in [0.1, 0.15) is 26.3 Å². The van der Waals surface area contributed by atoms with E-state index in [1.807, 2.05) is 0 Å². The summed E-state index contributed by atoms with van der Waals surface area (Å²) in [4.78, 5) is 29.0. The SMILES string of the molecule is O=C(O)c1ccc2c(c1)CCN2C(=O)c1cccnc1. The Morgan fingerprint density at radius 3 is 2.75 bits per heavy atom. The third-order valence-corrected chi connectivity index (χ3v) is 3.38. The molecule has 20 heavy (non-hydrogen) atoms. The molecule has 1 aliphatic heterocycles. The smallest absolute Gasteiger partial charge is 0.335 e. The van der Waals surface area contributed by atoms with E-state index in [0.29, 0.717) is 18.5 Å². The van der Waals surface area contributed by atoms with Crippen molar-refractivity contribution in [3.8, 4) is 0 Å². The third kappa shape index (κ3) is 2.03. The zero-order valence-corrected chi connectivity index (χ0v) is 10.6. The van der Waals surface area contributed by atoms with Crippen LogP contribution in [0.25, 0.3) is 0 Å². The Labute approximate surface area is 115 Å². The molecule has 0 saturated heterocycles. The Morgan fingerprint density at radius 2 is 2.05 bits per heavy atom. The van der Waals surface area contributed by atoms with E-state index in [1.54, 1.807) is 35.4 Å². The second kappa shape index (κ2) is 4.77. The monoisotopic (exact) mass is 268 g/mol. The van der Waals surface area contributed by atoms with Gasteiger partial charge in [0.05, 0.1) is 11.1 Å². The molecule has 0 spiro atoms. The highest BCUT2D eigenvalue weighted by Gasteiger charge is 2.26. The van der Waals surface area contributed by atoms with Crippen molar-refractivity contribution in [3.63, 3.8) is 0 Å². The van der Waals surface area contributed by atoms with Crippen molar-refractivity contribution < 1.29 is 14.7 Å². The third-order valence-electron chi connectivity index (χ3n) is 3.38. The molecular formula is C15H12N2O3. The molecule has 1 amide bonds. The summed E-state index contributed by atoms with van der Waals surface area (Å²) in [5.41, 5.74) is 2.45. The van der Waals surface area contributed by atoms with Crippen LogP contribution >= 0.6 is 0 Å². The number of benzene rings is 1. The summed E-state index contributed by atoms with van der Waals surface area (Å²) in [6.07, 6.45) is 3.82. The summed E-state index contributed by atoms with van der Waals surface area (Å²) in [5.74, 6) is -1.07. The van der Waals surface area contributed by atoms with Gasteiger partial charge in [0.1, 0.15) is 0 Å². The van der Waals surface area contributed by atoms with Crippen LogP contribution < -0.4 is 4.90 Å². The summed E-state index contributed by atoms with van der Waals surface area (Å²) >= 11 is 0. The summed E-state index contributed by atoms with van der Waals surface area (Å²) in [6.45, 7) is 0.562. The first-order valence-electron chi connectivity index (χ1n) is 6.25. The van der Waals surface area contributed by atoms with Gasteiger partial charge in [-0.25, -0.2) is 4.79 Å². The lowest BCUT2D eigenvalue weighted by atomic mass is 10.1. The number of nitrogens with zero attached hydrogens (tertiary/aromatic N) is 2. The van der Waals surface area contributed by atoms with Crippen molar-refractivity contribution in [1.29, 1.82) is 0 Å². The van der Waals surface area contributed by atoms with Crippen LogP contribution in [0.3, 0.4) is 0 Å². The van der Waals surface area contributed by atoms with E-state index in [1.165, 1.54) is 12.3 Å². The standard InChI is InChI=1S/C15H12N2O3/c18-14(12-2-1-6-16-9-12)17-7-5-10-8-11(15(19)20)3-4-13(10)17/h1-4,6,8-9H,5,7H2,(H,19,20). The normalized spacial score (nSPS) is 13.1. The summed E-state index contributed by atoms with van der Waals surface area (Å²) in [5, 5.41) is 8.98. The van der Waals surface area contributed by atoms with Gasteiger partial charge in [-0.05, 0) is 42.3 Å². The van der Waals surface area contributed by atoms with E-state index in [9.17, 15) is 9.59 Å². The maximum Gasteiger partial charge on any atom is 0.335 e. The minimum Gasteiger partial charge on any atom is -0.478 e. The van der Waals surface area contributed by atoms with Crippen molar-refractivity contribution in [3.05, 3.63) is 59.4 Å². The molecule has 1 N–H and O–H groups in total. The van der Waals surface area contributed by atoms with E-state index in [-0.39, 0.29) is 11.5 Å². The predicted molar refractivity (Wildman–Crippen MR) is 73.0 cm³/mol. The van der Waals surface area contributed by atoms with E-state index < -0.39 is 5.97 Å². The molecule has 0 unspecified atom stereocenters. The highest BCUT2D eigenvalue weighted by Crippen LogP contribution is 2.30. The summed E-state index contributed by atoms with van der Waals surface area (Å²) in [7, 11) is 0. The van der Waals surface area contributed by atoms with Gasteiger partial charge in [0.25, 0.3) is 5.91 Å². The first-order chi connectivity index (χ1) is 9.66. The zero-order chi connectivity index (χ0) is 14.1. The van der Waals surface area contributed by atoms with Crippen LogP contribution in [0, 0.1) is 0 Å². The molecule has 2 heterocycles. The van der Waals surface area contributed by atoms with Gasteiger partial charge < -0.3 is 10.0 Å². The number of carbonyl (C=O) groups is 2. The molecule has 1 aromatic heterocycles. The van der Waals surface area contributed by atoms with Gasteiger partial charge >= 0.3 is 5.97 Å². The Morgan fingerprint density at radius 1 is 1.20 bits per heavy atom. The first kappa shape index (κ1) is 12.3. The van der Waals surface area contributed by atoms with Gasteiger partial charge in [0, 0.05) is 24.6 Å². The lowest BCUT2D eigenvalue weighted by Gasteiger charge is -2.17. The second-order valence-electron chi connectivity index (χ2n) is 4.60. The molecule has 0 atom stereocenters. The minimum atomic E-state index is -0.954. The van der Waals surface area contributed by atoms with Gasteiger partial charge in [-0.3, -0.25) is 9.78 Å². The first-order valence-corrected chi connectivity index (χ1v) is 6.25. The van der Waals surface area contributed by atoms with Crippen LogP contribution in [0.15, 0.2) is 42.7 Å². The van der Waals surface area contributed by atoms with Crippen LogP contribution in [0.5, 0.6) is 0 Å². The Bertz CT molecular complexity index is 683. The molecular weight excluding hydrogens is 256 g/mol. The van der Waals surface area contributed by atoms with Crippen molar-refractivity contribution in [2.45, 2.75) is 6.42 Å². The maximum atomic E-state index is 12.4. The number of rotatable bonds is 2. The van der Waals surface area contributed by atoms with Crippen molar-refractivity contribution in [2.75, 3.05) is 11.4 Å². The quantitative estimate of drug-likeness (QED) is 0.904. The van der Waals surface area contributed by atoms with Gasteiger partial charge in [-0.15, -0.1) is 0 Å². The number of carboxylic acids is 1. The molecule has 1 aliphatic rings. The molecule has 0 saturated carbocycles. The average molecular weight is 268 g/mol. The van der Waals surface area contributed by atoms with Crippen molar-refractivity contribution >= 4 is 17.6 Å². The number of hydrogen-bond donors (Lipinski definition) is 1. The molecule has 100 valence electrons. The molecule has 1 aromatic carbocycles. The second-order valence-corrected chi connectivity index (χ2v) is 4.60. The van der Waals surface area contributed by atoms with E-state index in [0.717, 1.165) is 11.3 Å². The lowest BCUT2D eigenvalue weighted by molar-refractivity contribution is 0.0696. The van der Waals surface area contributed by atoms with Gasteiger partial charge in [0.15, 0.2) is 0 Å². The molecule has 0 bridgehead atoms. The van der Waals surface area contributed by atoms with Crippen LogP contribution in [0.2, 0.25) is 0 Å². The Balaban J connectivity index is 1.94. The van der Waals surface area contributed by atoms with E-state index in [4.69, 9.17) is 5.11 Å². The fraction of sp³-hybridized carbons (Fsp3) is 0.133. The molecule has 3 rings (SSSR count). The van der Waals surface area contributed by atoms with Crippen LogP contribution in [0.4, 0.5) is 5.69 Å². The summed E-state index contributed by atoms with van der Waals surface area (Å²) in [6, 6.07) is 8.29. The van der Waals surface area contributed by atoms with Crippen LogP contribution in [-0.4, -0.2) is 28.5 Å². The topological polar surface area (TPSA) is 70.5 Å². The zero-order valence-electron chi connectivity index (χ0n) is 10.6. The number of hydrogen-bond acceptors (Lipinski definition) is 3. The predicted octanol–water partition coefficient (Wildman–Crippen LogP) is 1.98. The minimum absolute atomic E-state index is 0.111. The number of anilines is 1. The molecule has 5 nitrogen and oxygen atoms in total. The Kier molecular flexibility index (Phi) is 2.95. The van der Waals surface area contributed by atoms with Gasteiger partial charge in [-0.2, -0.15) is 0 Å². The maximum absolute atomic E-state index is 12.4. The Hall–Kier alpha value is -2.69. The number of carboxylic acid groups (broad SMARTS) is 1. The highest BCUT2D eigenvalue weighted by molar-refractivity contribution is 6.07. The number of amides is 1. The molecule has 5 heteroatoms. The van der Waals surface area contributed by atoms with Crippen molar-refractivity contribution in [1.82, 2.24) is 4.98 Å². The molecule has 0 aliphatic carbocycles. The van der Waals surface area contributed by atoms with Crippen molar-refractivity contribution in [2.24, 2.45) is 0 Å². The van der Waals surface area contributed by atoms with E-state index >= 15 is 0 Å². The lowest BCUT2D eigenvalue weighted by Crippen LogP contribution is -2.28. The highest BCUT2D eigenvalue weighted by atomic mass is 16.4. The number of pyridine rings is 1. The summed E-state index contributed by atoms with van der Waals surface area (Å²) < 4.78 is 0. The fourth-order valence-corrected chi connectivity index (χ4v) is 2.39. The molecule has 2 aromatic rings. The molecule has 0 fully saturated rings. The number of aromatic nitrogens is 1. The molecule has 0 radical (unpaired) electrons. The van der Waals surface area contributed by atoms with Gasteiger partial charge in [0.2, 0.25) is 0 Å². The number of fused-ring (bicyclic) bond motifs is 1. The fourth-order valence-electron chi connectivity index (χ4n) is 2.39. The van der Waals surface area contributed by atoms with Crippen LogP contribution in [-0.2, 0) is 6.42 Å². The largest absolute Gasteiger partial charge is 0.478 e.